The van der Waals surface area contributed by atoms with Crippen molar-refractivity contribution in [2.24, 2.45) is 10.8 Å². The van der Waals surface area contributed by atoms with Gasteiger partial charge in [-0.1, -0.05) is 40.2 Å². The number of unbranched alkanes of at least 4 members (excludes halogenated alkanes) is 2. The largest absolute Gasteiger partial charge is 1.00 e. The number of rotatable bonds is 17. The van der Waals surface area contributed by atoms with Crippen molar-refractivity contribution in [1.29, 1.82) is 0 Å². The maximum absolute atomic E-state index is 13.0. The molecule has 0 radical (unpaired) electrons. The number of hydrogen-bond donors (Lipinski definition) is 1. The molecule has 3 unspecified atom stereocenters. The number of hydrogen-bond acceptors (Lipinski definition) is 10. The summed E-state index contributed by atoms with van der Waals surface area (Å²) in [6.45, 7) is 12.7. The van der Waals surface area contributed by atoms with E-state index in [2.05, 4.69) is 6.58 Å². The van der Waals surface area contributed by atoms with E-state index in [0.717, 1.165) is 12.8 Å². The van der Waals surface area contributed by atoms with Crippen LogP contribution in [0.25, 0.3) is 0 Å². The summed E-state index contributed by atoms with van der Waals surface area (Å²) in [5, 5.41) is 9.70. The number of aliphatic hydroxyl groups excluding tert-OH is 1. The van der Waals surface area contributed by atoms with Gasteiger partial charge in [0.25, 0.3) is 0 Å². The molecule has 0 rings (SSSR count). The van der Waals surface area contributed by atoms with Crippen molar-refractivity contribution in [3.63, 3.8) is 0 Å². The first-order valence-corrected chi connectivity index (χ1v) is 13.1. The summed E-state index contributed by atoms with van der Waals surface area (Å²) in [7, 11) is -4.83. The van der Waals surface area contributed by atoms with Crippen molar-refractivity contribution in [3.05, 3.63) is 12.2 Å². The van der Waals surface area contributed by atoms with Gasteiger partial charge in [-0.25, -0.2) is 13.2 Å². The second-order valence-electron chi connectivity index (χ2n) is 9.00. The molecular weight excluding hydrogens is 491 g/mol. The van der Waals surface area contributed by atoms with E-state index in [1.54, 1.807) is 6.92 Å². The van der Waals surface area contributed by atoms with Crippen LogP contribution in [0.4, 0.5) is 0 Å². The fraction of sp³-hybridized carbons (Fsp3) is 0.783. The molecule has 10 nitrogen and oxygen atoms in total. The number of carbonyl (C=O) groups excluding carboxylic acids is 3. The maximum atomic E-state index is 13.0. The summed E-state index contributed by atoms with van der Waals surface area (Å²) in [5.74, 6) is -3.58. The van der Waals surface area contributed by atoms with Crippen molar-refractivity contribution in [2.45, 2.75) is 85.9 Å². The molecule has 0 aromatic carbocycles. The number of aliphatic hydroxyl groups is 1. The Kier molecular flexibility index (Phi) is 17.3. The first-order valence-electron chi connectivity index (χ1n) is 11.5. The zero-order valence-corrected chi connectivity index (χ0v) is 24.7. The van der Waals surface area contributed by atoms with Gasteiger partial charge in [-0.3, -0.25) is 9.59 Å². The summed E-state index contributed by atoms with van der Waals surface area (Å²) in [6.07, 6.45) is 0.626. The topological polar surface area (TPSA) is 156 Å². The van der Waals surface area contributed by atoms with Gasteiger partial charge >= 0.3 is 47.5 Å². The van der Waals surface area contributed by atoms with Crippen molar-refractivity contribution in [3.8, 4) is 0 Å². The Morgan fingerprint density at radius 2 is 1.49 bits per heavy atom. The molecule has 0 bridgehead atoms. The summed E-state index contributed by atoms with van der Waals surface area (Å²) in [4.78, 5) is 38.2. The van der Waals surface area contributed by atoms with Crippen LogP contribution >= 0.6 is 0 Å². The maximum Gasteiger partial charge on any atom is 1.00 e. The minimum atomic E-state index is -4.83. The third-order valence-electron chi connectivity index (χ3n) is 5.49. The van der Waals surface area contributed by atoms with Gasteiger partial charge in [0.15, 0.2) is 0 Å². The van der Waals surface area contributed by atoms with Gasteiger partial charge in [-0.05, 0) is 46.0 Å². The molecule has 0 aromatic heterocycles. The molecule has 0 amide bonds. The van der Waals surface area contributed by atoms with Crippen molar-refractivity contribution in [2.75, 3.05) is 19.0 Å². The average Bonchev–Trinajstić information content (AvgIpc) is 2.72. The Bertz CT molecular complexity index is 813. The Morgan fingerprint density at radius 1 is 0.971 bits per heavy atom. The Hall–Kier alpha value is -0.980. The fourth-order valence-corrected chi connectivity index (χ4v) is 3.74. The monoisotopic (exact) mass is 530 g/mol. The van der Waals surface area contributed by atoms with Crippen LogP contribution < -0.4 is 29.6 Å². The van der Waals surface area contributed by atoms with Gasteiger partial charge in [-0.2, -0.15) is 0 Å². The minimum absolute atomic E-state index is 0. The quantitative estimate of drug-likeness (QED) is 0.0510. The predicted octanol–water partition coefficient (Wildman–Crippen LogP) is -0.157. The molecule has 12 heteroatoms. The van der Waals surface area contributed by atoms with Gasteiger partial charge in [0.2, 0.25) is 6.29 Å². The van der Waals surface area contributed by atoms with Crippen molar-refractivity contribution in [1.82, 2.24) is 0 Å². The second-order valence-corrected chi connectivity index (χ2v) is 10.4. The zero-order valence-electron chi connectivity index (χ0n) is 21.9. The molecule has 0 saturated carbocycles. The normalized spacial score (nSPS) is 15.5. The van der Waals surface area contributed by atoms with E-state index in [0.29, 0.717) is 12.8 Å². The summed E-state index contributed by atoms with van der Waals surface area (Å²) in [5.41, 5.74) is -2.72. The van der Waals surface area contributed by atoms with Crippen molar-refractivity contribution < 1.29 is 76.2 Å². The molecule has 0 fully saturated rings. The molecule has 198 valence electrons. The Labute approximate surface area is 231 Å². The SMILES string of the molecule is C=C(CC(C)(CC(C)(CC)C(=O)OC(O)CS(=O)(=O)[O-])C(=O)OCCCC)C(=O)OCCCC.[Na+]. The Morgan fingerprint density at radius 3 is 1.94 bits per heavy atom. The van der Waals surface area contributed by atoms with Crippen LogP contribution in [-0.4, -0.2) is 61.2 Å². The van der Waals surface area contributed by atoms with Crippen molar-refractivity contribution >= 4 is 28.0 Å². The molecule has 0 aliphatic carbocycles. The van der Waals surface area contributed by atoms with Crippen LogP contribution in [0.3, 0.4) is 0 Å². The van der Waals surface area contributed by atoms with Gasteiger partial charge < -0.3 is 23.9 Å². The van der Waals surface area contributed by atoms with E-state index in [-0.39, 0.29) is 67.6 Å². The number of ether oxygens (including phenoxy) is 3. The molecular formula is C23H39NaO10S. The van der Waals surface area contributed by atoms with Crippen LogP contribution in [0.15, 0.2) is 12.2 Å². The molecule has 0 aromatic rings. The first-order chi connectivity index (χ1) is 15.6. The molecule has 3 atom stereocenters. The molecule has 35 heavy (non-hydrogen) atoms. The van der Waals surface area contributed by atoms with Crippen LogP contribution in [0.2, 0.25) is 0 Å². The van der Waals surface area contributed by atoms with Crippen LogP contribution in [0, 0.1) is 10.8 Å². The molecule has 1 N–H and O–H groups in total. The zero-order chi connectivity index (χ0) is 26.6. The average molecular weight is 531 g/mol. The summed E-state index contributed by atoms with van der Waals surface area (Å²) >= 11 is 0. The molecule has 0 spiro atoms. The van der Waals surface area contributed by atoms with E-state index in [4.69, 9.17) is 14.2 Å². The molecule has 0 aliphatic heterocycles. The predicted molar refractivity (Wildman–Crippen MR) is 123 cm³/mol. The second kappa shape index (κ2) is 16.7. The van der Waals surface area contributed by atoms with Gasteiger partial charge in [0.05, 0.1) is 24.0 Å². The van der Waals surface area contributed by atoms with Crippen LogP contribution in [-0.2, 0) is 38.7 Å². The number of carbonyl (C=O) groups is 3. The third-order valence-corrected chi connectivity index (χ3v) is 6.18. The van der Waals surface area contributed by atoms with E-state index >= 15 is 0 Å². The first kappa shape index (κ1) is 36.2. The van der Waals surface area contributed by atoms with E-state index in [1.165, 1.54) is 13.8 Å². The third kappa shape index (κ3) is 13.8. The summed E-state index contributed by atoms with van der Waals surface area (Å²) in [6, 6.07) is 0. The summed E-state index contributed by atoms with van der Waals surface area (Å²) < 4.78 is 47.9. The van der Waals surface area contributed by atoms with Gasteiger partial charge in [-0.15, -0.1) is 0 Å². The van der Waals surface area contributed by atoms with Crippen LogP contribution in [0.1, 0.15) is 79.6 Å². The molecule has 0 heterocycles. The smallest absolute Gasteiger partial charge is 0.748 e. The van der Waals surface area contributed by atoms with Gasteiger partial charge in [0.1, 0.15) is 15.9 Å². The van der Waals surface area contributed by atoms with E-state index in [9.17, 15) is 32.5 Å². The van der Waals surface area contributed by atoms with Crippen LogP contribution in [0.5, 0.6) is 0 Å². The van der Waals surface area contributed by atoms with E-state index in [1.807, 2.05) is 13.8 Å². The van der Waals surface area contributed by atoms with Gasteiger partial charge in [0, 0.05) is 5.57 Å². The van der Waals surface area contributed by atoms with E-state index < -0.39 is 50.9 Å². The standard InChI is InChI=1S/C23H40O10S.Na/c1-7-10-12-31-19(25)17(4)14-23(6,20(26)32-13-11-8-2)16-22(5,9-3)21(27)33-18(24)15-34(28,29)30;/h18,24H,4,7-16H2,1-3,5-6H3,(H,28,29,30);/q;+1/p-1. The minimum Gasteiger partial charge on any atom is -0.748 e. The fourth-order valence-electron chi connectivity index (χ4n) is 3.32. The molecule has 0 saturated heterocycles. The molecule has 0 aliphatic rings. The Balaban J connectivity index is 0. The number of esters is 3.